The molecule has 0 atom stereocenters. The second-order valence-electron chi connectivity index (χ2n) is 5.04. The van der Waals surface area contributed by atoms with Gasteiger partial charge in [-0.25, -0.2) is 0 Å². The van der Waals surface area contributed by atoms with Gasteiger partial charge in [0.05, 0.1) is 6.61 Å². The molecular weight excluding hydrogens is 313 g/mol. The second kappa shape index (κ2) is 6.89. The summed E-state index contributed by atoms with van der Waals surface area (Å²) in [7, 11) is 0. The molecule has 1 aliphatic heterocycles. The van der Waals surface area contributed by atoms with Crippen LogP contribution in [-0.2, 0) is 4.79 Å². The molecular formula is C15H17F3N2O3. The van der Waals surface area contributed by atoms with Crippen molar-refractivity contribution in [2.75, 3.05) is 32.8 Å². The predicted molar refractivity (Wildman–Crippen MR) is 76.1 cm³/mol. The fraction of sp³-hybridized carbons (Fsp3) is 0.467. The number of alkyl halides is 3. The SMILES string of the molecule is CCOc1ccc(C(=O)N2CCN(C(=O)C(F)(F)F)CC2)cc1. The van der Waals surface area contributed by atoms with Gasteiger partial charge in [-0.05, 0) is 31.2 Å². The number of rotatable bonds is 3. The van der Waals surface area contributed by atoms with E-state index in [4.69, 9.17) is 4.74 Å². The zero-order chi connectivity index (χ0) is 17.0. The van der Waals surface area contributed by atoms with Crippen molar-refractivity contribution in [2.45, 2.75) is 13.1 Å². The van der Waals surface area contributed by atoms with Crippen LogP contribution in [0.15, 0.2) is 24.3 Å². The standard InChI is InChI=1S/C15H17F3N2O3/c1-2-23-12-5-3-11(4-6-12)13(21)19-7-9-20(10-8-19)14(22)15(16,17)18/h3-6H,2,7-10H2,1H3. The number of carbonyl (C=O) groups excluding carboxylic acids is 2. The number of benzene rings is 1. The van der Waals surface area contributed by atoms with Gasteiger partial charge in [-0.15, -0.1) is 0 Å². The lowest BCUT2D eigenvalue weighted by Crippen LogP contribution is -2.53. The van der Waals surface area contributed by atoms with Crippen LogP contribution in [0.1, 0.15) is 17.3 Å². The molecule has 1 aromatic carbocycles. The predicted octanol–water partition coefficient (Wildman–Crippen LogP) is 1.93. The Balaban J connectivity index is 1.94. The molecule has 1 aliphatic rings. The molecule has 0 aliphatic carbocycles. The number of hydrogen-bond acceptors (Lipinski definition) is 3. The highest BCUT2D eigenvalue weighted by atomic mass is 19.4. The smallest absolute Gasteiger partial charge is 0.471 e. The molecule has 1 heterocycles. The van der Waals surface area contributed by atoms with Crippen LogP contribution in [0.4, 0.5) is 13.2 Å². The summed E-state index contributed by atoms with van der Waals surface area (Å²) in [6.07, 6.45) is -4.87. The summed E-state index contributed by atoms with van der Waals surface area (Å²) in [5.74, 6) is -1.48. The van der Waals surface area contributed by atoms with Crippen molar-refractivity contribution in [3.05, 3.63) is 29.8 Å². The Kier molecular flexibility index (Phi) is 5.12. The van der Waals surface area contributed by atoms with Crippen LogP contribution in [-0.4, -0.2) is 60.6 Å². The molecule has 23 heavy (non-hydrogen) atoms. The summed E-state index contributed by atoms with van der Waals surface area (Å²) in [4.78, 5) is 25.6. The largest absolute Gasteiger partial charge is 0.494 e. The van der Waals surface area contributed by atoms with Gasteiger partial charge in [-0.3, -0.25) is 9.59 Å². The molecule has 0 saturated carbocycles. The zero-order valence-electron chi connectivity index (χ0n) is 12.6. The molecule has 2 rings (SSSR count). The first-order chi connectivity index (χ1) is 10.8. The first-order valence-corrected chi connectivity index (χ1v) is 7.21. The Labute approximate surface area is 131 Å². The third-order valence-electron chi connectivity index (χ3n) is 3.51. The molecule has 8 heteroatoms. The average Bonchev–Trinajstić information content (AvgIpc) is 2.54. The van der Waals surface area contributed by atoms with E-state index in [2.05, 4.69) is 0 Å². The number of nitrogens with zero attached hydrogens (tertiary/aromatic N) is 2. The molecule has 0 spiro atoms. The average molecular weight is 330 g/mol. The van der Waals surface area contributed by atoms with Gasteiger partial charge in [0.15, 0.2) is 0 Å². The molecule has 1 saturated heterocycles. The third kappa shape index (κ3) is 4.14. The summed E-state index contributed by atoms with van der Waals surface area (Å²) in [5, 5.41) is 0. The van der Waals surface area contributed by atoms with Crippen molar-refractivity contribution >= 4 is 11.8 Å². The van der Waals surface area contributed by atoms with E-state index in [1.165, 1.54) is 4.90 Å². The van der Waals surface area contributed by atoms with Gasteiger partial charge in [0.25, 0.3) is 5.91 Å². The Bertz CT molecular complexity index is 564. The van der Waals surface area contributed by atoms with Gasteiger partial charge < -0.3 is 14.5 Å². The third-order valence-corrected chi connectivity index (χ3v) is 3.51. The van der Waals surface area contributed by atoms with E-state index in [0.717, 1.165) is 4.90 Å². The van der Waals surface area contributed by atoms with Crippen molar-refractivity contribution < 1.29 is 27.5 Å². The van der Waals surface area contributed by atoms with Crippen LogP contribution in [0.5, 0.6) is 5.75 Å². The van der Waals surface area contributed by atoms with Gasteiger partial charge in [-0.1, -0.05) is 0 Å². The van der Waals surface area contributed by atoms with Crippen LogP contribution in [0.25, 0.3) is 0 Å². The Hall–Kier alpha value is -2.25. The van der Waals surface area contributed by atoms with E-state index < -0.39 is 12.1 Å². The maximum absolute atomic E-state index is 12.4. The maximum atomic E-state index is 12.4. The van der Waals surface area contributed by atoms with Gasteiger partial charge in [0, 0.05) is 31.7 Å². The lowest BCUT2D eigenvalue weighted by atomic mass is 10.1. The summed E-state index contributed by atoms with van der Waals surface area (Å²) in [6, 6.07) is 6.56. The van der Waals surface area contributed by atoms with Gasteiger partial charge in [-0.2, -0.15) is 13.2 Å². The first kappa shape index (κ1) is 17.1. The quantitative estimate of drug-likeness (QED) is 0.851. The monoisotopic (exact) mass is 330 g/mol. The highest BCUT2D eigenvalue weighted by molar-refractivity contribution is 5.94. The first-order valence-electron chi connectivity index (χ1n) is 7.21. The molecule has 1 aromatic rings. The molecule has 0 bridgehead atoms. The molecule has 0 radical (unpaired) electrons. The minimum atomic E-state index is -4.87. The highest BCUT2D eigenvalue weighted by Gasteiger charge is 2.43. The van der Waals surface area contributed by atoms with Gasteiger partial charge in [0.1, 0.15) is 5.75 Å². The lowest BCUT2D eigenvalue weighted by Gasteiger charge is -2.35. The minimum Gasteiger partial charge on any atom is -0.494 e. The van der Waals surface area contributed by atoms with Crippen LogP contribution < -0.4 is 4.74 Å². The van der Waals surface area contributed by atoms with Crippen LogP contribution >= 0.6 is 0 Å². The summed E-state index contributed by atoms with van der Waals surface area (Å²) in [6.45, 7) is 2.27. The number of halogens is 3. The molecule has 0 N–H and O–H groups in total. The van der Waals surface area contributed by atoms with Crippen molar-refractivity contribution in [2.24, 2.45) is 0 Å². The fourth-order valence-electron chi connectivity index (χ4n) is 2.33. The van der Waals surface area contributed by atoms with Crippen molar-refractivity contribution in [1.29, 1.82) is 0 Å². The molecule has 0 unspecified atom stereocenters. The van der Waals surface area contributed by atoms with E-state index in [-0.39, 0.29) is 32.1 Å². The zero-order valence-corrected chi connectivity index (χ0v) is 12.6. The Morgan fingerprint density at radius 3 is 2.04 bits per heavy atom. The van der Waals surface area contributed by atoms with Crippen molar-refractivity contribution in [1.82, 2.24) is 9.80 Å². The summed E-state index contributed by atoms with van der Waals surface area (Å²) >= 11 is 0. The molecule has 2 amide bonds. The van der Waals surface area contributed by atoms with E-state index in [9.17, 15) is 22.8 Å². The number of piperazine rings is 1. The topological polar surface area (TPSA) is 49.9 Å². The van der Waals surface area contributed by atoms with Crippen molar-refractivity contribution in [3.8, 4) is 5.75 Å². The normalized spacial score (nSPS) is 15.5. The minimum absolute atomic E-state index is 0.0772. The number of hydrogen-bond donors (Lipinski definition) is 0. The highest BCUT2D eigenvalue weighted by Crippen LogP contribution is 2.20. The lowest BCUT2D eigenvalue weighted by molar-refractivity contribution is -0.186. The van der Waals surface area contributed by atoms with E-state index in [0.29, 0.717) is 17.9 Å². The van der Waals surface area contributed by atoms with E-state index in [1.54, 1.807) is 24.3 Å². The number of ether oxygens (including phenoxy) is 1. The van der Waals surface area contributed by atoms with E-state index >= 15 is 0 Å². The molecule has 1 fully saturated rings. The number of amides is 2. The van der Waals surface area contributed by atoms with Crippen LogP contribution in [0, 0.1) is 0 Å². The van der Waals surface area contributed by atoms with Crippen molar-refractivity contribution in [3.63, 3.8) is 0 Å². The van der Waals surface area contributed by atoms with Crippen LogP contribution in [0.3, 0.4) is 0 Å². The Morgan fingerprint density at radius 1 is 1.04 bits per heavy atom. The fourth-order valence-corrected chi connectivity index (χ4v) is 2.33. The van der Waals surface area contributed by atoms with Gasteiger partial charge in [0.2, 0.25) is 0 Å². The molecule has 5 nitrogen and oxygen atoms in total. The summed E-state index contributed by atoms with van der Waals surface area (Å²) < 4.78 is 42.4. The van der Waals surface area contributed by atoms with E-state index in [1.807, 2.05) is 6.92 Å². The molecule has 126 valence electrons. The maximum Gasteiger partial charge on any atom is 0.471 e. The van der Waals surface area contributed by atoms with Crippen LogP contribution in [0.2, 0.25) is 0 Å². The second-order valence-corrected chi connectivity index (χ2v) is 5.04. The summed E-state index contributed by atoms with van der Waals surface area (Å²) in [5.41, 5.74) is 0.434. The molecule has 0 aromatic heterocycles. The van der Waals surface area contributed by atoms with Gasteiger partial charge >= 0.3 is 12.1 Å². The Morgan fingerprint density at radius 2 is 1.57 bits per heavy atom. The number of carbonyl (C=O) groups is 2.